The van der Waals surface area contributed by atoms with E-state index in [0.717, 1.165) is 4.90 Å². The number of aliphatic hydroxyl groups excluding tert-OH is 4. The number of aliphatic hydroxyl groups is 4. The fourth-order valence-corrected chi connectivity index (χ4v) is 3.95. The maximum atomic E-state index is 12.0. The molecule has 16 heteroatoms. The lowest BCUT2D eigenvalue weighted by Gasteiger charge is -2.38. The zero-order chi connectivity index (χ0) is 30.8. The van der Waals surface area contributed by atoms with E-state index in [1.54, 1.807) is 0 Å². The first-order valence-corrected chi connectivity index (χ1v) is 13.0. The first kappa shape index (κ1) is 32.7. The van der Waals surface area contributed by atoms with Crippen molar-refractivity contribution < 1.29 is 68.4 Å². The van der Waals surface area contributed by atoms with E-state index in [9.17, 15) is 44.7 Å². The molecule has 0 radical (unpaired) electrons. The zero-order valence-corrected chi connectivity index (χ0v) is 22.7. The molecule has 3 rings (SSSR count). The molecular weight excluding hydrogens is 564 g/mol. The number of aliphatic carboxylic acids is 1. The molecule has 6 atom stereocenters. The molecule has 2 aliphatic rings. The third-order valence-corrected chi connectivity index (χ3v) is 6.18. The number of nitrogens with zero attached hydrogens (tertiary/aromatic N) is 1. The number of carbonyl (C=O) groups is 4. The molecule has 0 aromatic heterocycles. The van der Waals surface area contributed by atoms with Crippen LogP contribution in [0.1, 0.15) is 18.9 Å². The minimum Gasteiger partial charge on any atom is -0.491 e. The first-order chi connectivity index (χ1) is 20.0. The summed E-state index contributed by atoms with van der Waals surface area (Å²) in [7, 11) is 0. The summed E-state index contributed by atoms with van der Waals surface area (Å²) in [6, 6.07) is 4.30. The smallest absolute Gasteiger partial charge is 0.335 e. The van der Waals surface area contributed by atoms with Gasteiger partial charge in [0.1, 0.15) is 49.3 Å². The number of benzene rings is 1. The van der Waals surface area contributed by atoms with Gasteiger partial charge in [-0.05, 0) is 18.2 Å². The third-order valence-electron chi connectivity index (χ3n) is 6.18. The van der Waals surface area contributed by atoms with Gasteiger partial charge in [-0.15, -0.1) is 0 Å². The van der Waals surface area contributed by atoms with E-state index >= 15 is 0 Å². The van der Waals surface area contributed by atoms with Crippen LogP contribution in [0.4, 0.5) is 0 Å². The van der Waals surface area contributed by atoms with Crippen LogP contribution in [0.3, 0.4) is 0 Å². The molecule has 42 heavy (non-hydrogen) atoms. The molecule has 0 spiro atoms. The van der Waals surface area contributed by atoms with Crippen LogP contribution < -0.4 is 14.8 Å². The van der Waals surface area contributed by atoms with Crippen molar-refractivity contribution in [1.29, 1.82) is 0 Å². The van der Waals surface area contributed by atoms with Gasteiger partial charge in [0.25, 0.3) is 0 Å². The Morgan fingerprint density at radius 3 is 2.48 bits per heavy atom. The van der Waals surface area contributed by atoms with Crippen LogP contribution in [0.25, 0.3) is 0 Å². The van der Waals surface area contributed by atoms with Crippen molar-refractivity contribution >= 4 is 23.8 Å². The number of hydrogen-bond donors (Lipinski definition) is 6. The molecule has 16 nitrogen and oxygen atoms in total. The third kappa shape index (κ3) is 9.10. The van der Waals surface area contributed by atoms with E-state index in [0.29, 0.717) is 5.56 Å². The SMILES string of the molecule is CC(=O)OCc1ccc(O[C@@H]2O[C@H](C(=O)O)[C@@H](O)[C@H](O)[C@H]2O)cc1OCCOCCNC(=O)CCN1C(=O)C=CC1O. The summed E-state index contributed by atoms with van der Waals surface area (Å²) in [6.07, 6.45) is -7.40. The van der Waals surface area contributed by atoms with Gasteiger partial charge in [0, 0.05) is 44.1 Å². The first-order valence-electron chi connectivity index (χ1n) is 13.0. The summed E-state index contributed by atoms with van der Waals surface area (Å²) in [5, 5.41) is 51.5. The molecule has 0 saturated carbocycles. The topological polar surface area (TPSA) is 231 Å². The Labute approximate surface area is 240 Å². The Kier molecular flexibility index (Phi) is 12.0. The van der Waals surface area contributed by atoms with Gasteiger partial charge in [0.15, 0.2) is 6.10 Å². The second-order valence-electron chi connectivity index (χ2n) is 9.27. The Morgan fingerprint density at radius 1 is 1.05 bits per heavy atom. The van der Waals surface area contributed by atoms with Crippen molar-refractivity contribution in [2.24, 2.45) is 0 Å². The molecular formula is C26H34N2O14. The maximum Gasteiger partial charge on any atom is 0.335 e. The van der Waals surface area contributed by atoms with E-state index in [4.69, 9.17) is 23.7 Å². The highest BCUT2D eigenvalue weighted by atomic mass is 16.7. The van der Waals surface area contributed by atoms with Gasteiger partial charge in [0.05, 0.1) is 13.2 Å². The van der Waals surface area contributed by atoms with Gasteiger partial charge < -0.3 is 59.4 Å². The molecule has 1 fully saturated rings. The van der Waals surface area contributed by atoms with Gasteiger partial charge in [-0.1, -0.05) is 0 Å². The van der Waals surface area contributed by atoms with Gasteiger partial charge in [-0.3, -0.25) is 14.4 Å². The molecule has 1 unspecified atom stereocenters. The minimum absolute atomic E-state index is 0.0105. The molecule has 1 saturated heterocycles. The van der Waals surface area contributed by atoms with Gasteiger partial charge in [0.2, 0.25) is 18.1 Å². The van der Waals surface area contributed by atoms with Crippen LogP contribution in [-0.4, -0.2) is 124 Å². The van der Waals surface area contributed by atoms with Gasteiger partial charge in [-0.25, -0.2) is 4.79 Å². The van der Waals surface area contributed by atoms with Crippen molar-refractivity contribution in [2.75, 3.05) is 32.9 Å². The number of amides is 2. The van der Waals surface area contributed by atoms with Gasteiger partial charge in [-0.2, -0.15) is 0 Å². The van der Waals surface area contributed by atoms with Crippen molar-refractivity contribution in [2.45, 2.75) is 56.9 Å². The largest absolute Gasteiger partial charge is 0.491 e. The van der Waals surface area contributed by atoms with Crippen molar-refractivity contribution in [3.05, 3.63) is 35.9 Å². The lowest BCUT2D eigenvalue weighted by Crippen LogP contribution is -2.61. The molecule has 2 aliphatic heterocycles. The van der Waals surface area contributed by atoms with Crippen LogP contribution in [0.15, 0.2) is 30.4 Å². The molecule has 0 aliphatic carbocycles. The summed E-state index contributed by atoms with van der Waals surface area (Å²) in [6.45, 7) is 1.64. The fourth-order valence-electron chi connectivity index (χ4n) is 3.95. The van der Waals surface area contributed by atoms with Crippen molar-refractivity contribution in [3.63, 3.8) is 0 Å². The maximum absolute atomic E-state index is 12.0. The summed E-state index contributed by atoms with van der Waals surface area (Å²) in [4.78, 5) is 47.3. The lowest BCUT2D eigenvalue weighted by molar-refractivity contribution is -0.271. The highest BCUT2D eigenvalue weighted by molar-refractivity contribution is 5.90. The Morgan fingerprint density at radius 2 is 1.81 bits per heavy atom. The van der Waals surface area contributed by atoms with Crippen LogP contribution in [0.5, 0.6) is 11.5 Å². The number of carboxylic acid groups (broad SMARTS) is 1. The molecule has 1 aromatic rings. The number of carbonyl (C=O) groups excluding carboxylic acids is 3. The normalized spacial score (nSPS) is 25.3. The number of nitrogens with one attached hydrogen (secondary N) is 1. The summed E-state index contributed by atoms with van der Waals surface area (Å²) in [5.74, 6) is -2.51. The predicted molar refractivity (Wildman–Crippen MR) is 138 cm³/mol. The summed E-state index contributed by atoms with van der Waals surface area (Å²) in [5.41, 5.74) is 0.450. The van der Waals surface area contributed by atoms with Crippen LogP contribution in [-0.2, 0) is 40.0 Å². The highest BCUT2D eigenvalue weighted by Gasteiger charge is 2.48. The molecule has 232 valence electrons. The second kappa shape index (κ2) is 15.4. The summed E-state index contributed by atoms with van der Waals surface area (Å²) >= 11 is 0. The average molecular weight is 599 g/mol. The van der Waals surface area contributed by atoms with E-state index in [-0.39, 0.29) is 69.3 Å². The van der Waals surface area contributed by atoms with Crippen LogP contribution in [0.2, 0.25) is 0 Å². The number of carboxylic acids is 1. The van der Waals surface area contributed by atoms with Crippen molar-refractivity contribution in [1.82, 2.24) is 10.2 Å². The number of ether oxygens (including phenoxy) is 5. The summed E-state index contributed by atoms with van der Waals surface area (Å²) < 4.78 is 26.9. The van der Waals surface area contributed by atoms with E-state index < -0.39 is 48.9 Å². The molecule has 2 amide bonds. The average Bonchev–Trinajstić information content (AvgIpc) is 3.27. The number of hydrogen-bond acceptors (Lipinski definition) is 13. The second-order valence-corrected chi connectivity index (χ2v) is 9.27. The molecule has 0 bridgehead atoms. The number of rotatable bonds is 15. The minimum atomic E-state index is -1.87. The zero-order valence-electron chi connectivity index (χ0n) is 22.7. The Balaban J connectivity index is 1.47. The standard InChI is InChI=1S/C26H34N2O14/c1-14(29)40-13-15-2-3-16(41-26-23(35)21(33)22(34)24(42-26)25(36)37)12-17(15)39-11-10-38-9-7-27-18(30)6-8-28-19(31)4-5-20(28)32/h2-5,12,19,21-24,26,31,33-35H,6-11,13H2,1H3,(H,27,30)(H,36,37)/t19?,21-,22-,23+,24-,26+/m0/s1. The molecule has 6 N–H and O–H groups in total. The monoisotopic (exact) mass is 598 g/mol. The van der Waals surface area contributed by atoms with Gasteiger partial charge >= 0.3 is 11.9 Å². The van der Waals surface area contributed by atoms with E-state index in [1.807, 2.05) is 0 Å². The quantitative estimate of drug-likeness (QED) is 0.0916. The van der Waals surface area contributed by atoms with Crippen LogP contribution >= 0.6 is 0 Å². The lowest BCUT2D eigenvalue weighted by atomic mass is 9.99. The van der Waals surface area contributed by atoms with Crippen LogP contribution in [0, 0.1) is 0 Å². The highest BCUT2D eigenvalue weighted by Crippen LogP contribution is 2.29. The fraction of sp³-hybridized carbons (Fsp3) is 0.538. The van der Waals surface area contributed by atoms with E-state index in [1.165, 1.54) is 37.3 Å². The predicted octanol–water partition coefficient (Wildman–Crippen LogP) is -2.36. The Bertz CT molecular complexity index is 1140. The van der Waals surface area contributed by atoms with E-state index in [2.05, 4.69) is 5.32 Å². The van der Waals surface area contributed by atoms with Crippen molar-refractivity contribution in [3.8, 4) is 11.5 Å². The number of esters is 1. The molecule has 1 aromatic carbocycles. The molecule has 2 heterocycles. The Hall–Kier alpha value is -3.80.